The van der Waals surface area contributed by atoms with Gasteiger partial charge in [-0.05, 0) is 30.5 Å². The van der Waals surface area contributed by atoms with Crippen molar-refractivity contribution in [2.24, 2.45) is 0 Å². The molecule has 0 bridgehead atoms. The quantitative estimate of drug-likeness (QED) is 0.700. The van der Waals surface area contributed by atoms with Crippen molar-refractivity contribution in [1.82, 2.24) is 4.90 Å². The van der Waals surface area contributed by atoms with Crippen LogP contribution in [0.4, 0.5) is 0 Å². The van der Waals surface area contributed by atoms with E-state index in [1.54, 1.807) is 11.3 Å². The number of carbonyl (C=O) groups excluding carboxylic acids is 1. The van der Waals surface area contributed by atoms with E-state index in [0.717, 1.165) is 32.0 Å². The van der Waals surface area contributed by atoms with Gasteiger partial charge in [-0.25, -0.2) is 0 Å². The molecule has 0 aliphatic carbocycles. The molecule has 0 fully saturated rings. The highest BCUT2D eigenvalue weighted by Crippen LogP contribution is 2.35. The van der Waals surface area contributed by atoms with Crippen LogP contribution in [0, 0.1) is 0 Å². The maximum absolute atomic E-state index is 13.0. The van der Waals surface area contributed by atoms with Crippen molar-refractivity contribution < 1.29 is 14.3 Å². The SMILES string of the molecule is CCN(Cc1cccc2c1OCCO2)C(=O)c1cc2ccccc2s1. The van der Waals surface area contributed by atoms with Crippen LogP contribution in [0.5, 0.6) is 11.5 Å². The maximum Gasteiger partial charge on any atom is 0.264 e. The van der Waals surface area contributed by atoms with Crippen molar-refractivity contribution in [3.8, 4) is 11.5 Å². The van der Waals surface area contributed by atoms with Crippen LogP contribution in [0.2, 0.25) is 0 Å². The molecule has 2 heterocycles. The van der Waals surface area contributed by atoms with Gasteiger partial charge < -0.3 is 14.4 Å². The summed E-state index contributed by atoms with van der Waals surface area (Å²) >= 11 is 1.54. The normalized spacial score (nSPS) is 13.0. The number of carbonyl (C=O) groups is 1. The van der Waals surface area contributed by atoms with Crippen molar-refractivity contribution in [3.63, 3.8) is 0 Å². The Labute approximate surface area is 150 Å². The fourth-order valence-electron chi connectivity index (χ4n) is 3.03. The van der Waals surface area contributed by atoms with Crippen LogP contribution in [0.3, 0.4) is 0 Å². The topological polar surface area (TPSA) is 38.8 Å². The first-order chi connectivity index (χ1) is 12.3. The Morgan fingerprint density at radius 3 is 2.80 bits per heavy atom. The maximum atomic E-state index is 13.0. The van der Waals surface area contributed by atoms with E-state index in [4.69, 9.17) is 9.47 Å². The van der Waals surface area contributed by atoms with Gasteiger partial charge in [-0.15, -0.1) is 11.3 Å². The van der Waals surface area contributed by atoms with Crippen LogP contribution in [-0.4, -0.2) is 30.6 Å². The average Bonchev–Trinajstić information content (AvgIpc) is 3.10. The summed E-state index contributed by atoms with van der Waals surface area (Å²) in [6, 6.07) is 15.9. The van der Waals surface area contributed by atoms with Crippen molar-refractivity contribution in [2.45, 2.75) is 13.5 Å². The molecule has 0 atom stereocenters. The zero-order valence-corrected chi connectivity index (χ0v) is 14.8. The lowest BCUT2D eigenvalue weighted by Gasteiger charge is -2.25. The molecule has 0 saturated heterocycles. The molecule has 0 radical (unpaired) electrons. The lowest BCUT2D eigenvalue weighted by molar-refractivity contribution is 0.0754. The summed E-state index contributed by atoms with van der Waals surface area (Å²) < 4.78 is 12.5. The number of nitrogens with zero attached hydrogens (tertiary/aromatic N) is 1. The van der Waals surface area contributed by atoms with E-state index in [0.29, 0.717) is 26.3 Å². The van der Waals surface area contributed by atoms with Gasteiger partial charge in [0.05, 0.1) is 4.88 Å². The second kappa shape index (κ2) is 6.76. The average molecular weight is 353 g/mol. The molecule has 1 amide bonds. The van der Waals surface area contributed by atoms with Gasteiger partial charge in [0.1, 0.15) is 13.2 Å². The second-order valence-corrected chi connectivity index (χ2v) is 6.99. The number of benzene rings is 2. The van der Waals surface area contributed by atoms with Gasteiger partial charge in [0.2, 0.25) is 0 Å². The van der Waals surface area contributed by atoms with Crippen molar-refractivity contribution >= 4 is 27.3 Å². The third kappa shape index (κ3) is 3.07. The van der Waals surface area contributed by atoms with Gasteiger partial charge in [0.25, 0.3) is 5.91 Å². The minimum absolute atomic E-state index is 0.0537. The molecule has 1 aliphatic heterocycles. The Kier molecular flexibility index (Phi) is 4.32. The number of thiophene rings is 1. The summed E-state index contributed by atoms with van der Waals surface area (Å²) in [6.07, 6.45) is 0. The number of amides is 1. The Bertz CT molecular complexity index is 885. The van der Waals surface area contributed by atoms with Gasteiger partial charge in [0.15, 0.2) is 11.5 Å². The Morgan fingerprint density at radius 2 is 1.96 bits per heavy atom. The first-order valence-electron chi connectivity index (χ1n) is 8.41. The number of ether oxygens (including phenoxy) is 2. The third-order valence-corrected chi connectivity index (χ3v) is 5.42. The van der Waals surface area contributed by atoms with Crippen LogP contribution in [-0.2, 0) is 6.54 Å². The largest absolute Gasteiger partial charge is 0.486 e. The summed E-state index contributed by atoms with van der Waals surface area (Å²) in [5, 5.41) is 1.11. The van der Waals surface area contributed by atoms with E-state index in [2.05, 4.69) is 0 Å². The van der Waals surface area contributed by atoms with Crippen LogP contribution < -0.4 is 9.47 Å². The molecule has 3 aromatic rings. The molecule has 128 valence electrons. The first kappa shape index (κ1) is 16.0. The molecule has 2 aromatic carbocycles. The molecule has 0 unspecified atom stereocenters. The highest BCUT2D eigenvalue weighted by molar-refractivity contribution is 7.20. The number of fused-ring (bicyclic) bond motifs is 2. The summed E-state index contributed by atoms with van der Waals surface area (Å²) in [4.78, 5) is 15.6. The van der Waals surface area contributed by atoms with Gasteiger partial charge in [-0.3, -0.25) is 4.79 Å². The minimum Gasteiger partial charge on any atom is -0.486 e. The summed E-state index contributed by atoms with van der Waals surface area (Å²) in [5.41, 5.74) is 0.980. The van der Waals surface area contributed by atoms with E-state index < -0.39 is 0 Å². The molecular weight excluding hydrogens is 334 g/mol. The summed E-state index contributed by atoms with van der Waals surface area (Å²) in [5.74, 6) is 1.57. The van der Waals surface area contributed by atoms with E-state index in [9.17, 15) is 4.79 Å². The fraction of sp³-hybridized carbons (Fsp3) is 0.250. The second-order valence-electron chi connectivity index (χ2n) is 5.91. The molecule has 0 saturated carbocycles. The van der Waals surface area contributed by atoms with Gasteiger partial charge >= 0.3 is 0 Å². The predicted octanol–water partition coefficient (Wildman–Crippen LogP) is 4.33. The standard InChI is InChI=1S/C20H19NO3S/c1-2-21(13-15-7-5-8-16-19(15)24-11-10-23-16)20(22)18-12-14-6-3-4-9-17(14)25-18/h3-9,12H,2,10-11,13H2,1H3. The zero-order valence-electron chi connectivity index (χ0n) is 14.0. The summed E-state index contributed by atoms with van der Waals surface area (Å²) in [7, 11) is 0. The van der Waals surface area contributed by atoms with Crippen molar-refractivity contribution in [1.29, 1.82) is 0 Å². The number of para-hydroxylation sites is 1. The smallest absolute Gasteiger partial charge is 0.264 e. The number of rotatable bonds is 4. The molecule has 5 heteroatoms. The van der Waals surface area contributed by atoms with Crippen molar-refractivity contribution in [3.05, 3.63) is 59.0 Å². The molecule has 25 heavy (non-hydrogen) atoms. The Morgan fingerprint density at radius 1 is 1.12 bits per heavy atom. The Balaban J connectivity index is 1.61. The van der Waals surface area contributed by atoms with Crippen LogP contribution in [0.15, 0.2) is 48.5 Å². The Hall–Kier alpha value is -2.53. The summed E-state index contributed by atoms with van der Waals surface area (Å²) in [6.45, 7) is 4.25. The van der Waals surface area contributed by atoms with E-state index in [1.807, 2.05) is 60.4 Å². The number of hydrogen-bond acceptors (Lipinski definition) is 4. The van der Waals surface area contributed by atoms with Crippen LogP contribution >= 0.6 is 11.3 Å². The van der Waals surface area contributed by atoms with Crippen LogP contribution in [0.1, 0.15) is 22.2 Å². The zero-order chi connectivity index (χ0) is 17.2. The molecular formula is C20H19NO3S. The van der Waals surface area contributed by atoms with Crippen molar-refractivity contribution in [2.75, 3.05) is 19.8 Å². The van der Waals surface area contributed by atoms with E-state index in [1.165, 1.54) is 0 Å². The van der Waals surface area contributed by atoms with E-state index in [-0.39, 0.29) is 5.91 Å². The van der Waals surface area contributed by atoms with Crippen LogP contribution in [0.25, 0.3) is 10.1 Å². The minimum atomic E-state index is 0.0537. The monoisotopic (exact) mass is 353 g/mol. The molecule has 0 spiro atoms. The fourth-order valence-corrected chi connectivity index (χ4v) is 4.07. The van der Waals surface area contributed by atoms with Gasteiger partial charge in [0, 0.05) is 23.4 Å². The first-order valence-corrected chi connectivity index (χ1v) is 9.23. The van der Waals surface area contributed by atoms with Gasteiger partial charge in [-0.1, -0.05) is 30.3 Å². The lowest BCUT2D eigenvalue weighted by atomic mass is 10.1. The highest BCUT2D eigenvalue weighted by atomic mass is 32.1. The molecule has 4 nitrogen and oxygen atoms in total. The molecule has 1 aromatic heterocycles. The predicted molar refractivity (Wildman–Crippen MR) is 99.7 cm³/mol. The number of hydrogen-bond donors (Lipinski definition) is 0. The molecule has 0 N–H and O–H groups in total. The lowest BCUT2D eigenvalue weighted by Crippen LogP contribution is -2.30. The van der Waals surface area contributed by atoms with E-state index >= 15 is 0 Å². The third-order valence-electron chi connectivity index (χ3n) is 4.31. The molecule has 1 aliphatic rings. The highest BCUT2D eigenvalue weighted by Gasteiger charge is 2.21. The molecule has 4 rings (SSSR count). The van der Waals surface area contributed by atoms with Gasteiger partial charge in [-0.2, -0.15) is 0 Å².